The second-order valence-electron chi connectivity index (χ2n) is 6.54. The molecule has 146 valence electrons. The van der Waals surface area contributed by atoms with Crippen molar-refractivity contribution in [1.82, 2.24) is 0 Å². The number of furan rings is 1. The highest BCUT2D eigenvalue weighted by Gasteiger charge is 2.28. The van der Waals surface area contributed by atoms with Gasteiger partial charge in [0.15, 0.2) is 0 Å². The smallest absolute Gasteiger partial charge is 0.341 e. The van der Waals surface area contributed by atoms with Crippen LogP contribution < -0.4 is 5.32 Å². The molecule has 7 heteroatoms. The molecule has 0 atom stereocenters. The summed E-state index contributed by atoms with van der Waals surface area (Å²) in [7, 11) is 0. The molecule has 2 heterocycles. The van der Waals surface area contributed by atoms with E-state index in [1.165, 1.54) is 23.7 Å². The molecule has 0 aliphatic heterocycles. The second kappa shape index (κ2) is 9.38. The third kappa shape index (κ3) is 4.52. The SMILES string of the molecule is CCCCOC(=O)c1c(NC(=O)/C(C#N)=C/c2ccco2)sc2c1CCCC2. The molecular weight excluding hydrogens is 376 g/mol. The van der Waals surface area contributed by atoms with Crippen LogP contribution in [0.3, 0.4) is 0 Å². The molecule has 0 spiro atoms. The number of carbonyl (C=O) groups is 2. The van der Waals surface area contributed by atoms with E-state index in [1.54, 1.807) is 12.1 Å². The maximum absolute atomic E-state index is 12.7. The van der Waals surface area contributed by atoms with Crippen LogP contribution in [0.2, 0.25) is 0 Å². The molecule has 0 saturated carbocycles. The molecule has 0 aromatic carbocycles. The number of hydrogen-bond acceptors (Lipinski definition) is 6. The zero-order chi connectivity index (χ0) is 19.9. The summed E-state index contributed by atoms with van der Waals surface area (Å²) in [5.41, 5.74) is 1.33. The van der Waals surface area contributed by atoms with E-state index in [0.717, 1.165) is 49.0 Å². The molecule has 0 saturated heterocycles. The zero-order valence-corrected chi connectivity index (χ0v) is 16.6. The summed E-state index contributed by atoms with van der Waals surface area (Å²) in [4.78, 5) is 26.4. The van der Waals surface area contributed by atoms with Gasteiger partial charge in [-0.25, -0.2) is 4.79 Å². The Bertz CT molecular complexity index is 919. The van der Waals surface area contributed by atoms with E-state index in [1.807, 2.05) is 13.0 Å². The van der Waals surface area contributed by atoms with Gasteiger partial charge in [0.25, 0.3) is 5.91 Å². The lowest BCUT2D eigenvalue weighted by Crippen LogP contribution is -2.17. The standard InChI is InChI=1S/C21H22N2O4S/c1-2-3-10-27-21(25)18-16-8-4-5-9-17(16)28-20(18)23-19(24)14(13-22)12-15-7-6-11-26-15/h6-7,11-12H,2-5,8-10H2,1H3,(H,23,24)/b14-12+. The summed E-state index contributed by atoms with van der Waals surface area (Å²) in [5.74, 6) is -0.562. The highest BCUT2D eigenvalue weighted by Crippen LogP contribution is 2.38. The quantitative estimate of drug-likeness (QED) is 0.315. The molecule has 2 aromatic rings. The first-order chi connectivity index (χ1) is 13.6. The number of unbranched alkanes of at least 4 members (excludes halogenated alkanes) is 1. The Hall–Kier alpha value is -2.85. The van der Waals surface area contributed by atoms with Crippen molar-refractivity contribution in [1.29, 1.82) is 5.26 Å². The van der Waals surface area contributed by atoms with Crippen molar-refractivity contribution < 1.29 is 18.7 Å². The predicted octanol–water partition coefficient (Wildman–Crippen LogP) is 4.72. The van der Waals surface area contributed by atoms with Gasteiger partial charge in [0, 0.05) is 11.0 Å². The van der Waals surface area contributed by atoms with E-state index < -0.39 is 11.9 Å². The van der Waals surface area contributed by atoms with Gasteiger partial charge < -0.3 is 14.5 Å². The molecule has 0 fully saturated rings. The molecule has 2 aromatic heterocycles. The minimum atomic E-state index is -0.569. The van der Waals surface area contributed by atoms with Crippen LogP contribution in [-0.4, -0.2) is 18.5 Å². The number of esters is 1. The van der Waals surface area contributed by atoms with Crippen LogP contribution in [0.4, 0.5) is 5.00 Å². The Morgan fingerprint density at radius 1 is 1.39 bits per heavy atom. The van der Waals surface area contributed by atoms with Crippen molar-refractivity contribution in [2.24, 2.45) is 0 Å². The molecule has 0 unspecified atom stereocenters. The van der Waals surface area contributed by atoms with Gasteiger partial charge in [-0.1, -0.05) is 13.3 Å². The summed E-state index contributed by atoms with van der Waals surface area (Å²) in [6.45, 7) is 2.38. The zero-order valence-electron chi connectivity index (χ0n) is 15.7. The van der Waals surface area contributed by atoms with Crippen LogP contribution in [0.15, 0.2) is 28.4 Å². The largest absolute Gasteiger partial charge is 0.465 e. The number of anilines is 1. The topological polar surface area (TPSA) is 92.3 Å². The minimum Gasteiger partial charge on any atom is -0.465 e. The van der Waals surface area contributed by atoms with E-state index >= 15 is 0 Å². The van der Waals surface area contributed by atoms with Crippen LogP contribution in [0, 0.1) is 11.3 Å². The predicted molar refractivity (Wildman–Crippen MR) is 107 cm³/mol. The summed E-state index contributed by atoms with van der Waals surface area (Å²) < 4.78 is 10.6. The summed E-state index contributed by atoms with van der Waals surface area (Å²) in [5, 5.41) is 12.6. The number of amides is 1. The van der Waals surface area contributed by atoms with Gasteiger partial charge in [0.05, 0.1) is 18.4 Å². The van der Waals surface area contributed by atoms with Crippen LogP contribution in [-0.2, 0) is 22.4 Å². The van der Waals surface area contributed by atoms with Gasteiger partial charge in [0.1, 0.15) is 22.4 Å². The van der Waals surface area contributed by atoms with E-state index in [0.29, 0.717) is 22.9 Å². The third-order valence-corrected chi connectivity index (χ3v) is 5.74. The fourth-order valence-electron chi connectivity index (χ4n) is 3.09. The first kappa shape index (κ1) is 19.9. The van der Waals surface area contributed by atoms with Crippen molar-refractivity contribution in [2.45, 2.75) is 45.4 Å². The summed E-state index contributed by atoms with van der Waals surface area (Å²) in [6, 6.07) is 5.22. The number of aryl methyl sites for hydroxylation is 1. The van der Waals surface area contributed by atoms with Gasteiger partial charge in [0.2, 0.25) is 0 Å². The van der Waals surface area contributed by atoms with Crippen LogP contribution >= 0.6 is 11.3 Å². The second-order valence-corrected chi connectivity index (χ2v) is 7.65. The molecule has 0 radical (unpaired) electrons. The number of hydrogen-bond donors (Lipinski definition) is 1. The maximum atomic E-state index is 12.7. The number of ether oxygens (including phenoxy) is 1. The van der Waals surface area contributed by atoms with Crippen molar-refractivity contribution in [3.63, 3.8) is 0 Å². The molecule has 6 nitrogen and oxygen atoms in total. The first-order valence-corrected chi connectivity index (χ1v) is 10.2. The Labute approximate surface area is 167 Å². The number of fused-ring (bicyclic) bond motifs is 1. The fourth-order valence-corrected chi connectivity index (χ4v) is 4.36. The van der Waals surface area contributed by atoms with Crippen molar-refractivity contribution in [3.8, 4) is 6.07 Å². The molecule has 1 aliphatic rings. The lowest BCUT2D eigenvalue weighted by atomic mass is 9.95. The van der Waals surface area contributed by atoms with Crippen LogP contribution in [0.25, 0.3) is 6.08 Å². The number of nitrogens with zero attached hydrogens (tertiary/aromatic N) is 1. The molecule has 1 amide bonds. The van der Waals surface area contributed by atoms with E-state index in [-0.39, 0.29) is 5.57 Å². The first-order valence-electron chi connectivity index (χ1n) is 9.42. The minimum absolute atomic E-state index is 0.0911. The number of carbonyl (C=O) groups excluding carboxylic acids is 2. The number of thiophene rings is 1. The summed E-state index contributed by atoms with van der Waals surface area (Å²) >= 11 is 1.40. The van der Waals surface area contributed by atoms with Gasteiger partial charge in [-0.15, -0.1) is 11.3 Å². The maximum Gasteiger partial charge on any atom is 0.341 e. The van der Waals surface area contributed by atoms with Gasteiger partial charge in [-0.2, -0.15) is 5.26 Å². The Morgan fingerprint density at radius 2 is 2.21 bits per heavy atom. The lowest BCUT2D eigenvalue weighted by Gasteiger charge is -2.12. The Balaban J connectivity index is 1.86. The number of rotatable bonds is 7. The van der Waals surface area contributed by atoms with Gasteiger partial charge in [-0.05, 0) is 49.8 Å². The normalized spacial score (nSPS) is 13.5. The van der Waals surface area contributed by atoms with Gasteiger partial charge >= 0.3 is 5.97 Å². The Kier molecular flexibility index (Phi) is 6.66. The molecule has 28 heavy (non-hydrogen) atoms. The average Bonchev–Trinajstić information content (AvgIpc) is 3.33. The number of nitriles is 1. The van der Waals surface area contributed by atoms with E-state index in [9.17, 15) is 14.9 Å². The molecule has 3 rings (SSSR count). The van der Waals surface area contributed by atoms with Crippen molar-refractivity contribution in [2.75, 3.05) is 11.9 Å². The molecular formula is C21H22N2O4S. The van der Waals surface area contributed by atoms with E-state index in [2.05, 4.69) is 5.32 Å². The van der Waals surface area contributed by atoms with Gasteiger partial charge in [-0.3, -0.25) is 4.79 Å². The lowest BCUT2D eigenvalue weighted by molar-refractivity contribution is -0.112. The summed E-state index contributed by atoms with van der Waals surface area (Å²) in [6.07, 6.45) is 8.33. The highest BCUT2D eigenvalue weighted by molar-refractivity contribution is 7.17. The monoisotopic (exact) mass is 398 g/mol. The fraction of sp³-hybridized carbons (Fsp3) is 0.381. The third-order valence-electron chi connectivity index (χ3n) is 4.53. The van der Waals surface area contributed by atoms with Crippen molar-refractivity contribution >= 4 is 34.3 Å². The Morgan fingerprint density at radius 3 is 2.93 bits per heavy atom. The number of nitrogens with one attached hydrogen (secondary N) is 1. The molecule has 1 aliphatic carbocycles. The highest BCUT2D eigenvalue weighted by atomic mass is 32.1. The molecule has 1 N–H and O–H groups in total. The van der Waals surface area contributed by atoms with Crippen LogP contribution in [0.1, 0.15) is 59.2 Å². The molecule has 0 bridgehead atoms. The van der Waals surface area contributed by atoms with Crippen molar-refractivity contribution in [3.05, 3.63) is 45.7 Å². The van der Waals surface area contributed by atoms with Crippen LogP contribution in [0.5, 0.6) is 0 Å². The van der Waals surface area contributed by atoms with E-state index in [4.69, 9.17) is 9.15 Å². The average molecular weight is 398 g/mol.